The van der Waals surface area contributed by atoms with Gasteiger partial charge in [-0.2, -0.15) is 0 Å². The van der Waals surface area contributed by atoms with Gasteiger partial charge < -0.3 is 20.1 Å². The van der Waals surface area contributed by atoms with Crippen LogP contribution in [-0.4, -0.2) is 32.6 Å². The minimum atomic E-state index is -0.719. The molecule has 0 saturated heterocycles. The molecule has 0 radical (unpaired) electrons. The van der Waals surface area contributed by atoms with Crippen LogP contribution in [0.2, 0.25) is 0 Å². The Balaban J connectivity index is 1.90. The molecule has 2 rings (SSSR count). The van der Waals surface area contributed by atoms with Crippen molar-refractivity contribution < 1.29 is 19.1 Å². The Morgan fingerprint density at radius 2 is 1.52 bits per heavy atom. The van der Waals surface area contributed by atoms with Crippen molar-refractivity contribution in [3.05, 3.63) is 53.1 Å². The minimum absolute atomic E-state index is 0.104. The second-order valence-corrected chi connectivity index (χ2v) is 7.93. The lowest BCUT2D eigenvalue weighted by Crippen LogP contribution is -2.36. The molecule has 2 aromatic rings. The summed E-state index contributed by atoms with van der Waals surface area (Å²) < 4.78 is 10.5. The van der Waals surface area contributed by atoms with Gasteiger partial charge in [-0.25, -0.2) is 0 Å². The molecule has 0 atom stereocenters. The number of ether oxygens (including phenoxy) is 2. The second-order valence-electron chi connectivity index (χ2n) is 7.93. The summed E-state index contributed by atoms with van der Waals surface area (Å²) in [5.41, 5.74) is 3.74. The summed E-state index contributed by atoms with van der Waals surface area (Å²) in [6, 6.07) is 11.7. The largest absolute Gasteiger partial charge is 0.493 e. The summed E-state index contributed by atoms with van der Waals surface area (Å²) in [4.78, 5) is 24.4. The first kappa shape index (κ1) is 22.3. The Morgan fingerprint density at radius 1 is 0.931 bits per heavy atom. The predicted octanol–water partition coefficient (Wildman–Crippen LogP) is 3.61. The maximum Gasteiger partial charge on any atom is 0.313 e. The highest BCUT2D eigenvalue weighted by atomic mass is 16.5. The van der Waals surface area contributed by atoms with Crippen LogP contribution >= 0.6 is 0 Å². The SMILES string of the molecule is COc1cc(C)c(NC(=O)C(=O)NCCc2ccc(C(C)(C)C)cc2)cc1OC. The van der Waals surface area contributed by atoms with Crippen molar-refractivity contribution >= 4 is 17.5 Å². The van der Waals surface area contributed by atoms with Gasteiger partial charge in [0.2, 0.25) is 0 Å². The van der Waals surface area contributed by atoms with Gasteiger partial charge in [-0.1, -0.05) is 45.0 Å². The maximum atomic E-state index is 12.2. The van der Waals surface area contributed by atoms with Gasteiger partial charge in [0.15, 0.2) is 11.5 Å². The highest BCUT2D eigenvalue weighted by Crippen LogP contribution is 2.32. The number of carbonyl (C=O) groups is 2. The van der Waals surface area contributed by atoms with Gasteiger partial charge in [0, 0.05) is 18.3 Å². The fourth-order valence-corrected chi connectivity index (χ4v) is 2.87. The van der Waals surface area contributed by atoms with E-state index in [0.717, 1.165) is 11.1 Å². The number of carbonyl (C=O) groups excluding carboxylic acids is 2. The molecular formula is C23H30N2O4. The van der Waals surface area contributed by atoms with E-state index in [0.29, 0.717) is 30.2 Å². The van der Waals surface area contributed by atoms with Crippen LogP contribution in [0.4, 0.5) is 5.69 Å². The molecule has 0 aliphatic rings. The van der Waals surface area contributed by atoms with Crippen molar-refractivity contribution in [1.82, 2.24) is 5.32 Å². The van der Waals surface area contributed by atoms with E-state index in [4.69, 9.17) is 9.47 Å². The number of hydrogen-bond acceptors (Lipinski definition) is 4. The average molecular weight is 399 g/mol. The van der Waals surface area contributed by atoms with Crippen LogP contribution in [0.25, 0.3) is 0 Å². The van der Waals surface area contributed by atoms with Crippen molar-refractivity contribution in [2.75, 3.05) is 26.1 Å². The standard InChI is InChI=1S/C23H30N2O4/c1-15-13-19(28-5)20(29-6)14-18(15)25-22(27)21(26)24-12-11-16-7-9-17(10-8-16)23(2,3)4/h7-10,13-14H,11-12H2,1-6H3,(H,24,26)(H,25,27). The highest BCUT2D eigenvalue weighted by Gasteiger charge is 2.17. The summed E-state index contributed by atoms with van der Waals surface area (Å²) in [6.45, 7) is 8.70. The number of rotatable bonds is 6. The maximum absolute atomic E-state index is 12.2. The van der Waals surface area contributed by atoms with E-state index in [1.807, 2.05) is 6.92 Å². The number of aryl methyl sites for hydroxylation is 1. The normalized spacial score (nSPS) is 11.0. The molecular weight excluding hydrogens is 368 g/mol. The van der Waals surface area contributed by atoms with Crippen LogP contribution in [0.5, 0.6) is 11.5 Å². The van der Waals surface area contributed by atoms with Gasteiger partial charge in [-0.15, -0.1) is 0 Å². The zero-order valence-electron chi connectivity index (χ0n) is 18.0. The molecule has 0 saturated carbocycles. The van der Waals surface area contributed by atoms with E-state index in [1.54, 1.807) is 19.2 Å². The van der Waals surface area contributed by atoms with Gasteiger partial charge in [0.05, 0.1) is 14.2 Å². The number of nitrogens with one attached hydrogen (secondary N) is 2. The molecule has 2 amide bonds. The summed E-state index contributed by atoms with van der Waals surface area (Å²) in [5, 5.41) is 5.28. The fourth-order valence-electron chi connectivity index (χ4n) is 2.87. The second kappa shape index (κ2) is 9.45. The first-order chi connectivity index (χ1) is 13.7. The summed E-state index contributed by atoms with van der Waals surface area (Å²) >= 11 is 0. The molecule has 6 heteroatoms. The van der Waals surface area contributed by atoms with Crippen LogP contribution in [0, 0.1) is 6.92 Å². The molecule has 0 aliphatic carbocycles. The molecule has 0 aromatic heterocycles. The van der Waals surface area contributed by atoms with Crippen LogP contribution in [-0.2, 0) is 21.4 Å². The first-order valence-electron chi connectivity index (χ1n) is 9.57. The molecule has 2 N–H and O–H groups in total. The highest BCUT2D eigenvalue weighted by molar-refractivity contribution is 6.39. The first-order valence-corrected chi connectivity index (χ1v) is 9.57. The third-order valence-electron chi connectivity index (χ3n) is 4.70. The van der Waals surface area contributed by atoms with E-state index >= 15 is 0 Å². The lowest BCUT2D eigenvalue weighted by Gasteiger charge is -2.19. The summed E-state index contributed by atoms with van der Waals surface area (Å²) in [5.74, 6) is -0.355. The van der Waals surface area contributed by atoms with E-state index in [2.05, 4.69) is 55.7 Å². The van der Waals surface area contributed by atoms with Crippen molar-refractivity contribution in [3.63, 3.8) is 0 Å². The molecule has 29 heavy (non-hydrogen) atoms. The Hall–Kier alpha value is -3.02. The quantitative estimate of drug-likeness (QED) is 0.729. The summed E-state index contributed by atoms with van der Waals surface area (Å²) in [7, 11) is 3.05. The van der Waals surface area contributed by atoms with Crippen molar-refractivity contribution in [1.29, 1.82) is 0 Å². The van der Waals surface area contributed by atoms with Crippen LogP contribution in [0.3, 0.4) is 0 Å². The van der Waals surface area contributed by atoms with E-state index in [9.17, 15) is 9.59 Å². The van der Waals surface area contributed by atoms with Crippen molar-refractivity contribution in [2.24, 2.45) is 0 Å². The molecule has 6 nitrogen and oxygen atoms in total. The third kappa shape index (κ3) is 5.98. The average Bonchev–Trinajstić information content (AvgIpc) is 2.68. The molecule has 0 spiro atoms. The van der Waals surface area contributed by atoms with Gasteiger partial charge in [-0.05, 0) is 41.5 Å². The van der Waals surface area contributed by atoms with Crippen LogP contribution in [0.1, 0.15) is 37.5 Å². The molecule has 0 heterocycles. The third-order valence-corrected chi connectivity index (χ3v) is 4.70. The molecule has 0 fully saturated rings. The number of benzene rings is 2. The molecule has 156 valence electrons. The Bertz CT molecular complexity index is 868. The predicted molar refractivity (Wildman–Crippen MR) is 115 cm³/mol. The monoisotopic (exact) mass is 398 g/mol. The van der Waals surface area contributed by atoms with Crippen molar-refractivity contribution in [3.8, 4) is 11.5 Å². The number of amides is 2. The van der Waals surface area contributed by atoms with Gasteiger partial charge in [-0.3, -0.25) is 9.59 Å². The number of hydrogen-bond donors (Lipinski definition) is 2. The Kier molecular flexibility index (Phi) is 7.26. The lowest BCUT2D eigenvalue weighted by molar-refractivity contribution is -0.136. The van der Waals surface area contributed by atoms with E-state index in [1.165, 1.54) is 12.7 Å². The van der Waals surface area contributed by atoms with Crippen molar-refractivity contribution in [2.45, 2.75) is 39.5 Å². The zero-order valence-corrected chi connectivity index (χ0v) is 18.0. The Labute approximate surface area is 172 Å². The topological polar surface area (TPSA) is 76.7 Å². The van der Waals surface area contributed by atoms with Gasteiger partial charge in [0.25, 0.3) is 0 Å². The molecule has 0 aliphatic heterocycles. The number of methoxy groups -OCH3 is 2. The van der Waals surface area contributed by atoms with Gasteiger partial charge in [0.1, 0.15) is 0 Å². The minimum Gasteiger partial charge on any atom is -0.493 e. The van der Waals surface area contributed by atoms with E-state index in [-0.39, 0.29) is 5.41 Å². The molecule has 2 aromatic carbocycles. The molecule has 0 unspecified atom stereocenters. The van der Waals surface area contributed by atoms with Gasteiger partial charge >= 0.3 is 11.8 Å². The Morgan fingerprint density at radius 3 is 2.07 bits per heavy atom. The van der Waals surface area contributed by atoms with Crippen LogP contribution < -0.4 is 20.1 Å². The zero-order chi connectivity index (χ0) is 21.6. The number of anilines is 1. The van der Waals surface area contributed by atoms with Crippen LogP contribution in [0.15, 0.2) is 36.4 Å². The van der Waals surface area contributed by atoms with E-state index < -0.39 is 11.8 Å². The summed E-state index contributed by atoms with van der Waals surface area (Å²) in [6.07, 6.45) is 0.652. The molecule has 0 bridgehead atoms. The lowest BCUT2D eigenvalue weighted by atomic mass is 9.86. The fraction of sp³-hybridized carbons (Fsp3) is 0.391. The smallest absolute Gasteiger partial charge is 0.313 e.